The van der Waals surface area contributed by atoms with E-state index in [2.05, 4.69) is 0 Å². The molecule has 0 spiro atoms. The van der Waals surface area contributed by atoms with Gasteiger partial charge in [0.1, 0.15) is 0 Å². The average Bonchev–Trinajstić information content (AvgIpc) is 2.32. The summed E-state index contributed by atoms with van der Waals surface area (Å²) < 4.78 is 40.7. The van der Waals surface area contributed by atoms with Crippen LogP contribution < -0.4 is 0 Å². The summed E-state index contributed by atoms with van der Waals surface area (Å²) in [4.78, 5) is 11.3. The van der Waals surface area contributed by atoms with Crippen LogP contribution in [0.25, 0.3) is 0 Å². The van der Waals surface area contributed by atoms with Crippen LogP contribution >= 0.6 is 0 Å². The van der Waals surface area contributed by atoms with Gasteiger partial charge in [-0.1, -0.05) is 32.1 Å². The zero-order valence-corrected chi connectivity index (χ0v) is 11.6. The Bertz CT molecular complexity index is 250. The molecule has 0 aromatic rings. The highest BCUT2D eigenvalue weighted by atomic mass is 28.5. The molecule has 0 N–H and O–H groups in total. The molecule has 1 aliphatic carbocycles. The molecule has 0 saturated heterocycles. The van der Waals surface area contributed by atoms with Gasteiger partial charge in [0.25, 0.3) is 0 Å². The van der Waals surface area contributed by atoms with Crippen LogP contribution in [0.15, 0.2) is 0 Å². The summed E-state index contributed by atoms with van der Waals surface area (Å²) >= 11 is 0. The lowest BCUT2D eigenvalue weighted by Gasteiger charge is -2.20. The summed E-state index contributed by atoms with van der Waals surface area (Å²) in [5.74, 6) is 0.262. The molecular formula is C12H21F3O2Si. The topological polar surface area (TPSA) is 26.3 Å². The standard InChI is InChI=1S/C12H21F3O2Si/c13-18(14,15)10-4-9-17-12(16)8-7-11-5-2-1-3-6-11/h11H,1-10H2. The predicted molar refractivity (Wildman–Crippen MR) is 65.3 cm³/mol. The van der Waals surface area contributed by atoms with Crippen molar-refractivity contribution in [1.82, 2.24) is 0 Å². The van der Waals surface area contributed by atoms with Gasteiger partial charge in [0.05, 0.1) is 6.61 Å². The predicted octanol–water partition coefficient (Wildman–Crippen LogP) is 4.13. The van der Waals surface area contributed by atoms with Crippen molar-refractivity contribution in [3.63, 3.8) is 0 Å². The second-order valence-corrected chi connectivity index (χ2v) is 6.71. The fourth-order valence-electron chi connectivity index (χ4n) is 2.33. The lowest BCUT2D eigenvalue weighted by Crippen LogP contribution is -2.16. The van der Waals surface area contributed by atoms with Crippen molar-refractivity contribution < 1.29 is 21.9 Å². The van der Waals surface area contributed by atoms with E-state index in [0.717, 1.165) is 6.42 Å². The maximum Gasteiger partial charge on any atom is 0.616 e. The number of carbonyl (C=O) groups is 1. The molecule has 0 aromatic carbocycles. The van der Waals surface area contributed by atoms with Crippen LogP contribution in [-0.4, -0.2) is 21.7 Å². The first-order valence-corrected chi connectivity index (χ1v) is 8.54. The van der Waals surface area contributed by atoms with Crippen LogP contribution in [0.2, 0.25) is 6.04 Å². The Morgan fingerprint density at radius 3 is 2.44 bits per heavy atom. The Balaban J connectivity index is 2.00. The molecule has 2 nitrogen and oxygen atoms in total. The van der Waals surface area contributed by atoms with E-state index >= 15 is 0 Å². The molecule has 0 aliphatic heterocycles. The highest BCUT2D eigenvalue weighted by Gasteiger charge is 2.35. The molecule has 1 rings (SSSR count). The van der Waals surface area contributed by atoms with E-state index in [-0.39, 0.29) is 19.0 Å². The summed E-state index contributed by atoms with van der Waals surface area (Å²) in [6.07, 6.45) is 7.19. The highest BCUT2D eigenvalue weighted by Crippen LogP contribution is 2.27. The van der Waals surface area contributed by atoms with E-state index in [1.54, 1.807) is 0 Å². The second kappa shape index (κ2) is 7.81. The van der Waals surface area contributed by atoms with Crippen molar-refractivity contribution in [3.05, 3.63) is 0 Å². The first-order chi connectivity index (χ1) is 8.47. The van der Waals surface area contributed by atoms with Gasteiger partial charge in [-0.15, -0.1) is 0 Å². The normalized spacial score (nSPS) is 17.7. The summed E-state index contributed by atoms with van der Waals surface area (Å²) in [7, 11) is -5.47. The molecule has 6 heteroatoms. The minimum Gasteiger partial charge on any atom is -0.466 e. The molecule has 0 bridgehead atoms. The van der Waals surface area contributed by atoms with Crippen LogP contribution in [-0.2, 0) is 9.53 Å². The zero-order valence-electron chi connectivity index (χ0n) is 10.6. The molecule has 1 aliphatic rings. The maximum atomic E-state index is 12.0. The zero-order chi connectivity index (χ0) is 13.4. The van der Waals surface area contributed by atoms with Gasteiger partial charge in [-0.2, -0.15) is 0 Å². The molecule has 0 amide bonds. The summed E-state index contributed by atoms with van der Waals surface area (Å²) in [6, 6.07) is -0.747. The number of halogens is 3. The Morgan fingerprint density at radius 1 is 1.17 bits per heavy atom. The molecule has 0 radical (unpaired) electrons. The number of carbonyl (C=O) groups excluding carboxylic acids is 1. The lowest BCUT2D eigenvalue weighted by molar-refractivity contribution is -0.144. The number of hydrogen-bond donors (Lipinski definition) is 0. The highest BCUT2D eigenvalue weighted by molar-refractivity contribution is 6.58. The number of esters is 1. The minimum atomic E-state index is -5.47. The fraction of sp³-hybridized carbons (Fsp3) is 0.917. The van der Waals surface area contributed by atoms with Crippen molar-refractivity contribution in [2.24, 2.45) is 5.92 Å². The van der Waals surface area contributed by atoms with E-state index < -0.39 is 15.1 Å². The molecule has 18 heavy (non-hydrogen) atoms. The van der Waals surface area contributed by atoms with Gasteiger partial charge in [-0.05, 0) is 18.8 Å². The molecule has 1 saturated carbocycles. The van der Waals surface area contributed by atoms with Crippen molar-refractivity contribution >= 4 is 15.0 Å². The maximum absolute atomic E-state index is 12.0. The smallest absolute Gasteiger partial charge is 0.466 e. The van der Waals surface area contributed by atoms with Gasteiger partial charge >= 0.3 is 15.0 Å². The fourth-order valence-corrected chi connectivity index (χ4v) is 2.87. The summed E-state index contributed by atoms with van der Waals surface area (Å²) in [5.41, 5.74) is 0. The van der Waals surface area contributed by atoms with Crippen LogP contribution in [0.4, 0.5) is 12.3 Å². The molecule has 0 atom stereocenters. The van der Waals surface area contributed by atoms with Crippen molar-refractivity contribution in [2.75, 3.05) is 6.61 Å². The molecule has 0 aromatic heterocycles. The van der Waals surface area contributed by atoms with Crippen LogP contribution in [0.3, 0.4) is 0 Å². The van der Waals surface area contributed by atoms with E-state index in [9.17, 15) is 17.1 Å². The Kier molecular flexibility index (Phi) is 6.74. The largest absolute Gasteiger partial charge is 0.616 e. The monoisotopic (exact) mass is 282 g/mol. The lowest BCUT2D eigenvalue weighted by atomic mass is 9.86. The van der Waals surface area contributed by atoms with Gasteiger partial charge in [0, 0.05) is 12.5 Å². The Labute approximate surface area is 107 Å². The van der Waals surface area contributed by atoms with Gasteiger partial charge in [0.15, 0.2) is 0 Å². The molecule has 0 heterocycles. The van der Waals surface area contributed by atoms with Crippen LogP contribution in [0, 0.1) is 5.92 Å². The van der Waals surface area contributed by atoms with Gasteiger partial charge < -0.3 is 4.74 Å². The first-order valence-electron chi connectivity index (χ1n) is 6.70. The third-order valence-corrected chi connectivity index (χ3v) is 4.27. The third-order valence-electron chi connectivity index (χ3n) is 3.35. The van der Waals surface area contributed by atoms with Crippen molar-refractivity contribution in [1.29, 1.82) is 0 Å². The third kappa shape index (κ3) is 7.74. The molecule has 0 unspecified atom stereocenters. The second-order valence-electron chi connectivity index (χ2n) is 4.98. The summed E-state index contributed by atoms with van der Waals surface area (Å²) in [6.45, 7) is -0.0873. The SMILES string of the molecule is O=C(CCC1CCCCC1)OCCC[Si](F)(F)F. The Morgan fingerprint density at radius 2 is 1.83 bits per heavy atom. The summed E-state index contributed by atoms with van der Waals surface area (Å²) in [5, 5.41) is 0. The van der Waals surface area contributed by atoms with Crippen molar-refractivity contribution in [3.8, 4) is 0 Å². The molecule has 1 fully saturated rings. The number of hydrogen-bond acceptors (Lipinski definition) is 2. The number of rotatable bonds is 7. The Hall–Kier alpha value is -0.523. The molecule has 106 valence electrons. The molecular weight excluding hydrogens is 261 g/mol. The van der Waals surface area contributed by atoms with Crippen LogP contribution in [0.5, 0.6) is 0 Å². The first kappa shape index (κ1) is 15.5. The van der Waals surface area contributed by atoms with E-state index in [4.69, 9.17) is 4.74 Å². The van der Waals surface area contributed by atoms with E-state index in [1.165, 1.54) is 32.1 Å². The minimum absolute atomic E-state index is 0.0785. The number of ether oxygens (including phenoxy) is 1. The van der Waals surface area contributed by atoms with Crippen LogP contribution in [0.1, 0.15) is 51.4 Å². The van der Waals surface area contributed by atoms with E-state index in [0.29, 0.717) is 12.3 Å². The van der Waals surface area contributed by atoms with Gasteiger partial charge in [-0.3, -0.25) is 4.79 Å². The van der Waals surface area contributed by atoms with Gasteiger partial charge in [-0.25, -0.2) is 12.3 Å². The average molecular weight is 282 g/mol. The van der Waals surface area contributed by atoms with E-state index in [1.807, 2.05) is 0 Å². The quantitative estimate of drug-likeness (QED) is 0.304. The van der Waals surface area contributed by atoms with Gasteiger partial charge in [0.2, 0.25) is 0 Å². The van der Waals surface area contributed by atoms with Crippen molar-refractivity contribution in [2.45, 2.75) is 57.4 Å².